The van der Waals surface area contributed by atoms with Gasteiger partial charge >= 0.3 is 0 Å². The van der Waals surface area contributed by atoms with Gasteiger partial charge in [-0.05, 0) is 60.4 Å². The molecule has 3 aromatic carbocycles. The molecule has 5 heteroatoms. The summed E-state index contributed by atoms with van der Waals surface area (Å²) >= 11 is 0. The lowest BCUT2D eigenvalue weighted by atomic mass is 9.98. The van der Waals surface area contributed by atoms with Crippen molar-refractivity contribution in [2.75, 3.05) is 19.5 Å². The zero-order valence-electron chi connectivity index (χ0n) is 19.4. The number of benzene rings is 3. The zero-order chi connectivity index (χ0) is 23.4. The summed E-state index contributed by atoms with van der Waals surface area (Å²) in [5, 5.41) is 3.84. The smallest absolute Gasteiger partial charge is 0.256 e. The number of hydrogen-bond donors (Lipinski definition) is 1. The van der Waals surface area contributed by atoms with Crippen LogP contribution in [0.2, 0.25) is 0 Å². The van der Waals surface area contributed by atoms with Gasteiger partial charge in [0.2, 0.25) is 0 Å². The molecule has 0 aliphatic heterocycles. The van der Waals surface area contributed by atoms with Crippen LogP contribution in [0.4, 0.5) is 5.69 Å². The molecule has 33 heavy (non-hydrogen) atoms. The second kappa shape index (κ2) is 9.74. The average Bonchev–Trinajstić information content (AvgIpc) is 2.87. The fraction of sp³-hybridized carbons (Fsp3) is 0.214. The first-order valence-electron chi connectivity index (χ1n) is 11.1. The van der Waals surface area contributed by atoms with Gasteiger partial charge in [0.1, 0.15) is 0 Å². The number of pyridine rings is 1. The van der Waals surface area contributed by atoms with Gasteiger partial charge in [-0.3, -0.25) is 4.79 Å². The highest BCUT2D eigenvalue weighted by atomic mass is 16.5. The van der Waals surface area contributed by atoms with Gasteiger partial charge < -0.3 is 14.8 Å². The van der Waals surface area contributed by atoms with Crippen molar-refractivity contribution in [2.45, 2.75) is 26.2 Å². The molecule has 168 valence electrons. The van der Waals surface area contributed by atoms with Crippen LogP contribution in [0, 0.1) is 0 Å². The topological polar surface area (TPSA) is 60.5 Å². The maximum absolute atomic E-state index is 13.3. The molecule has 1 atom stereocenters. The summed E-state index contributed by atoms with van der Waals surface area (Å²) in [4.78, 5) is 18.1. The minimum Gasteiger partial charge on any atom is -0.493 e. The monoisotopic (exact) mass is 440 g/mol. The molecule has 1 N–H and O–H groups in total. The highest BCUT2D eigenvalue weighted by molar-refractivity contribution is 6.13. The number of hydrogen-bond acceptors (Lipinski definition) is 4. The van der Waals surface area contributed by atoms with Crippen LogP contribution in [0.15, 0.2) is 72.8 Å². The predicted octanol–water partition coefficient (Wildman–Crippen LogP) is 6.68. The van der Waals surface area contributed by atoms with Crippen molar-refractivity contribution in [1.82, 2.24) is 4.98 Å². The summed E-state index contributed by atoms with van der Waals surface area (Å²) in [6, 6.07) is 23.2. The molecule has 1 heterocycles. The molecule has 5 nitrogen and oxygen atoms in total. The molecule has 0 bridgehead atoms. The van der Waals surface area contributed by atoms with E-state index >= 15 is 0 Å². The van der Waals surface area contributed by atoms with E-state index in [1.165, 1.54) is 5.56 Å². The summed E-state index contributed by atoms with van der Waals surface area (Å²) in [6.07, 6.45) is 1.08. The largest absolute Gasteiger partial charge is 0.493 e. The maximum Gasteiger partial charge on any atom is 0.256 e. The van der Waals surface area contributed by atoms with Crippen LogP contribution in [0.3, 0.4) is 0 Å². The number of rotatable bonds is 7. The molecule has 4 aromatic rings. The summed E-state index contributed by atoms with van der Waals surface area (Å²) in [6.45, 7) is 4.37. The summed E-state index contributed by atoms with van der Waals surface area (Å²) in [5.74, 6) is 1.56. The Morgan fingerprint density at radius 1 is 0.939 bits per heavy atom. The first-order valence-corrected chi connectivity index (χ1v) is 11.1. The van der Waals surface area contributed by atoms with Crippen molar-refractivity contribution < 1.29 is 14.3 Å². The Hall–Kier alpha value is -3.86. The van der Waals surface area contributed by atoms with E-state index in [9.17, 15) is 4.79 Å². The number of para-hydroxylation sites is 1. The van der Waals surface area contributed by atoms with E-state index in [1.54, 1.807) is 14.2 Å². The first kappa shape index (κ1) is 22.3. The molecule has 0 saturated carbocycles. The number of carbonyl (C=O) groups is 1. The van der Waals surface area contributed by atoms with Crippen molar-refractivity contribution in [2.24, 2.45) is 0 Å². The van der Waals surface area contributed by atoms with E-state index in [-0.39, 0.29) is 5.91 Å². The molecular weight excluding hydrogens is 412 g/mol. The number of fused-ring (bicyclic) bond motifs is 1. The second-order valence-corrected chi connectivity index (χ2v) is 8.03. The number of amides is 1. The summed E-state index contributed by atoms with van der Waals surface area (Å²) in [5.41, 5.74) is 4.87. The number of aromatic nitrogens is 1. The van der Waals surface area contributed by atoms with Gasteiger partial charge in [-0.25, -0.2) is 4.98 Å². The minimum atomic E-state index is -0.174. The van der Waals surface area contributed by atoms with Crippen molar-refractivity contribution >= 4 is 22.5 Å². The lowest BCUT2D eigenvalue weighted by Crippen LogP contribution is -2.13. The Bertz CT molecular complexity index is 1280. The van der Waals surface area contributed by atoms with E-state index < -0.39 is 0 Å². The standard InChI is InChI=1S/C28H28N2O3/c1-5-18(2)19-10-13-21(14-11-19)29-28(31)23-17-25(30-24-9-7-6-8-22(23)24)20-12-15-26(32-3)27(16-20)33-4/h6-18H,5H2,1-4H3,(H,29,31). The second-order valence-electron chi connectivity index (χ2n) is 8.03. The van der Waals surface area contributed by atoms with Gasteiger partial charge in [0.15, 0.2) is 11.5 Å². The third-order valence-corrected chi connectivity index (χ3v) is 5.99. The minimum absolute atomic E-state index is 0.174. The van der Waals surface area contributed by atoms with E-state index in [4.69, 9.17) is 14.5 Å². The fourth-order valence-corrected chi connectivity index (χ4v) is 3.84. The quantitative estimate of drug-likeness (QED) is 0.348. The van der Waals surface area contributed by atoms with Crippen LogP contribution in [-0.2, 0) is 0 Å². The molecule has 0 aliphatic rings. The Morgan fingerprint density at radius 3 is 2.36 bits per heavy atom. The normalized spacial score (nSPS) is 11.8. The van der Waals surface area contributed by atoms with Crippen molar-refractivity contribution in [3.05, 3.63) is 83.9 Å². The first-order chi connectivity index (χ1) is 16.0. The molecule has 0 radical (unpaired) electrons. The van der Waals surface area contributed by atoms with Gasteiger partial charge in [0.05, 0.1) is 31.0 Å². The van der Waals surface area contributed by atoms with Crippen LogP contribution >= 0.6 is 0 Å². The third-order valence-electron chi connectivity index (χ3n) is 5.99. The number of carbonyl (C=O) groups excluding carboxylic acids is 1. The van der Waals surface area contributed by atoms with E-state index in [0.717, 1.165) is 28.6 Å². The third kappa shape index (κ3) is 4.67. The van der Waals surface area contributed by atoms with E-state index in [1.807, 2.05) is 60.7 Å². The average molecular weight is 441 g/mol. The molecule has 1 amide bonds. The number of anilines is 1. The zero-order valence-corrected chi connectivity index (χ0v) is 19.4. The van der Waals surface area contributed by atoms with Gasteiger partial charge in [-0.15, -0.1) is 0 Å². The van der Waals surface area contributed by atoms with Gasteiger partial charge in [0, 0.05) is 16.6 Å². The lowest BCUT2D eigenvalue weighted by molar-refractivity contribution is 0.102. The van der Waals surface area contributed by atoms with Crippen LogP contribution in [0.1, 0.15) is 42.1 Å². The van der Waals surface area contributed by atoms with Crippen LogP contribution in [0.25, 0.3) is 22.2 Å². The van der Waals surface area contributed by atoms with Crippen molar-refractivity contribution in [3.63, 3.8) is 0 Å². The Kier molecular flexibility index (Phi) is 6.59. The van der Waals surface area contributed by atoms with Gasteiger partial charge in [-0.2, -0.15) is 0 Å². The van der Waals surface area contributed by atoms with E-state index in [0.29, 0.717) is 28.7 Å². The maximum atomic E-state index is 13.3. The lowest BCUT2D eigenvalue weighted by Gasteiger charge is -2.13. The number of ether oxygens (including phenoxy) is 2. The van der Waals surface area contributed by atoms with Crippen LogP contribution < -0.4 is 14.8 Å². The molecule has 4 rings (SSSR count). The highest BCUT2D eigenvalue weighted by Crippen LogP contribution is 2.33. The molecule has 0 fully saturated rings. The van der Waals surface area contributed by atoms with Crippen LogP contribution in [-0.4, -0.2) is 25.1 Å². The Balaban J connectivity index is 1.72. The predicted molar refractivity (Wildman–Crippen MR) is 133 cm³/mol. The van der Waals surface area contributed by atoms with Crippen molar-refractivity contribution in [3.8, 4) is 22.8 Å². The number of nitrogens with zero attached hydrogens (tertiary/aromatic N) is 1. The number of nitrogens with one attached hydrogen (secondary N) is 1. The molecular formula is C28H28N2O3. The van der Waals surface area contributed by atoms with Crippen LogP contribution in [0.5, 0.6) is 11.5 Å². The Morgan fingerprint density at radius 2 is 1.67 bits per heavy atom. The van der Waals surface area contributed by atoms with Crippen molar-refractivity contribution in [1.29, 1.82) is 0 Å². The molecule has 1 aromatic heterocycles. The molecule has 0 saturated heterocycles. The highest BCUT2D eigenvalue weighted by Gasteiger charge is 2.16. The summed E-state index contributed by atoms with van der Waals surface area (Å²) < 4.78 is 10.8. The SMILES string of the molecule is CCC(C)c1ccc(NC(=O)c2cc(-c3ccc(OC)c(OC)c3)nc3ccccc23)cc1. The van der Waals surface area contributed by atoms with Gasteiger partial charge in [-0.1, -0.05) is 44.2 Å². The van der Waals surface area contributed by atoms with E-state index in [2.05, 4.69) is 31.3 Å². The fourth-order valence-electron chi connectivity index (χ4n) is 3.84. The molecule has 0 aliphatic carbocycles. The molecule has 0 spiro atoms. The Labute approximate surface area is 194 Å². The summed E-state index contributed by atoms with van der Waals surface area (Å²) in [7, 11) is 3.20. The van der Waals surface area contributed by atoms with Gasteiger partial charge in [0.25, 0.3) is 5.91 Å². The number of methoxy groups -OCH3 is 2. The molecule has 1 unspecified atom stereocenters.